The second-order valence-corrected chi connectivity index (χ2v) is 6.45. The highest BCUT2D eigenvalue weighted by molar-refractivity contribution is 7.11. The maximum atomic E-state index is 6.14. The van der Waals surface area contributed by atoms with Gasteiger partial charge in [0.1, 0.15) is 10.6 Å². The topological polar surface area (TPSA) is 48.1 Å². The van der Waals surface area contributed by atoms with Gasteiger partial charge in [-0.25, -0.2) is 4.98 Å². The van der Waals surface area contributed by atoms with Crippen LogP contribution in [0.2, 0.25) is 0 Å². The van der Waals surface area contributed by atoms with Crippen molar-refractivity contribution < 1.29 is 4.74 Å². The monoisotopic (exact) mass is 252 g/mol. The Kier molecular flexibility index (Phi) is 2.97. The first-order valence-electron chi connectivity index (χ1n) is 6.59. The maximum absolute atomic E-state index is 6.14. The molecule has 1 aromatic rings. The minimum Gasteiger partial charge on any atom is -0.368 e. The fourth-order valence-corrected chi connectivity index (χ4v) is 4.08. The summed E-state index contributed by atoms with van der Waals surface area (Å²) in [5.74, 6) is 0. The summed E-state index contributed by atoms with van der Waals surface area (Å²) in [4.78, 5) is 6.19. The average molecular weight is 252 g/mol. The fraction of sp³-hybridized carbons (Fsp3) is 0.769. The van der Waals surface area contributed by atoms with E-state index in [0.29, 0.717) is 0 Å². The molecule has 94 valence electrons. The van der Waals surface area contributed by atoms with Crippen molar-refractivity contribution in [1.82, 2.24) is 4.98 Å². The molecule has 1 aliphatic carbocycles. The molecule has 2 N–H and O–H groups in total. The Hall–Kier alpha value is -0.450. The van der Waals surface area contributed by atoms with E-state index in [1.165, 1.54) is 24.1 Å². The van der Waals surface area contributed by atoms with Crippen LogP contribution in [0.3, 0.4) is 0 Å². The highest BCUT2D eigenvalue weighted by atomic mass is 32.1. The van der Waals surface area contributed by atoms with Crippen LogP contribution in [0.15, 0.2) is 0 Å². The molecule has 17 heavy (non-hydrogen) atoms. The van der Waals surface area contributed by atoms with Crippen LogP contribution in [0.1, 0.15) is 60.6 Å². The van der Waals surface area contributed by atoms with Crippen LogP contribution in [0.25, 0.3) is 0 Å². The SMILES string of the molecule is CC1(c2nc3c(s2)CCCC3N)CCCCO1. The van der Waals surface area contributed by atoms with Crippen molar-refractivity contribution in [2.24, 2.45) is 5.73 Å². The van der Waals surface area contributed by atoms with Crippen molar-refractivity contribution in [3.05, 3.63) is 15.6 Å². The highest BCUT2D eigenvalue weighted by Crippen LogP contribution is 2.41. The molecule has 1 aliphatic heterocycles. The third kappa shape index (κ3) is 2.02. The Bertz CT molecular complexity index is 410. The van der Waals surface area contributed by atoms with Gasteiger partial charge in [0.25, 0.3) is 0 Å². The van der Waals surface area contributed by atoms with Gasteiger partial charge in [-0.15, -0.1) is 11.3 Å². The first-order chi connectivity index (χ1) is 8.19. The molecule has 3 nitrogen and oxygen atoms in total. The smallest absolute Gasteiger partial charge is 0.125 e. The number of ether oxygens (including phenoxy) is 1. The van der Waals surface area contributed by atoms with Gasteiger partial charge in [0.15, 0.2) is 0 Å². The van der Waals surface area contributed by atoms with Crippen molar-refractivity contribution >= 4 is 11.3 Å². The molecule has 0 amide bonds. The number of rotatable bonds is 1. The summed E-state index contributed by atoms with van der Waals surface area (Å²) in [5.41, 5.74) is 7.13. The van der Waals surface area contributed by atoms with E-state index in [4.69, 9.17) is 15.5 Å². The Morgan fingerprint density at radius 2 is 2.29 bits per heavy atom. The van der Waals surface area contributed by atoms with Crippen molar-refractivity contribution in [3.8, 4) is 0 Å². The second kappa shape index (κ2) is 4.34. The number of fused-ring (bicyclic) bond motifs is 1. The van der Waals surface area contributed by atoms with E-state index in [-0.39, 0.29) is 11.6 Å². The molecule has 2 aliphatic rings. The van der Waals surface area contributed by atoms with Gasteiger partial charge < -0.3 is 10.5 Å². The van der Waals surface area contributed by atoms with E-state index < -0.39 is 0 Å². The summed E-state index contributed by atoms with van der Waals surface area (Å²) >= 11 is 1.83. The zero-order chi connectivity index (χ0) is 11.9. The van der Waals surface area contributed by atoms with Crippen molar-refractivity contribution in [1.29, 1.82) is 0 Å². The highest BCUT2D eigenvalue weighted by Gasteiger charge is 2.35. The van der Waals surface area contributed by atoms with Crippen molar-refractivity contribution in [2.45, 2.75) is 57.1 Å². The second-order valence-electron chi connectivity index (χ2n) is 5.36. The lowest BCUT2D eigenvalue weighted by Crippen LogP contribution is -2.30. The molecule has 0 aromatic carbocycles. The van der Waals surface area contributed by atoms with Crippen molar-refractivity contribution in [2.75, 3.05) is 6.61 Å². The third-order valence-corrected chi connectivity index (χ3v) is 5.30. The zero-order valence-corrected chi connectivity index (χ0v) is 11.2. The Morgan fingerprint density at radius 3 is 3.00 bits per heavy atom. The molecule has 0 spiro atoms. The van der Waals surface area contributed by atoms with E-state index in [0.717, 1.165) is 36.6 Å². The minimum absolute atomic E-state index is 0.149. The molecule has 0 radical (unpaired) electrons. The van der Waals surface area contributed by atoms with E-state index >= 15 is 0 Å². The normalized spacial score (nSPS) is 33.4. The summed E-state index contributed by atoms with van der Waals surface area (Å²) in [7, 11) is 0. The summed E-state index contributed by atoms with van der Waals surface area (Å²) in [5, 5.41) is 1.15. The lowest BCUT2D eigenvalue weighted by Gasteiger charge is -2.31. The Balaban J connectivity index is 1.93. The zero-order valence-electron chi connectivity index (χ0n) is 10.4. The standard InChI is InChI=1S/C13H20N2OS/c1-13(7-2-3-8-16-13)12-15-11-9(14)5-4-6-10(11)17-12/h9H,2-8,14H2,1H3. The first kappa shape index (κ1) is 11.6. The summed E-state index contributed by atoms with van der Waals surface area (Å²) in [6.07, 6.45) is 6.94. The quantitative estimate of drug-likeness (QED) is 0.836. The fourth-order valence-electron chi connectivity index (χ4n) is 2.78. The van der Waals surface area contributed by atoms with E-state index in [1.54, 1.807) is 0 Å². The molecule has 2 atom stereocenters. The van der Waals surface area contributed by atoms with Crippen LogP contribution in [0.5, 0.6) is 0 Å². The predicted molar refractivity (Wildman–Crippen MR) is 69.1 cm³/mol. The van der Waals surface area contributed by atoms with Gasteiger partial charge >= 0.3 is 0 Å². The lowest BCUT2D eigenvalue weighted by molar-refractivity contribution is -0.0703. The lowest BCUT2D eigenvalue weighted by atomic mass is 9.96. The first-order valence-corrected chi connectivity index (χ1v) is 7.40. The minimum atomic E-state index is -0.153. The van der Waals surface area contributed by atoms with Gasteiger partial charge in [-0.3, -0.25) is 0 Å². The summed E-state index contributed by atoms with van der Waals surface area (Å²) < 4.78 is 5.97. The van der Waals surface area contributed by atoms with Crippen LogP contribution in [0, 0.1) is 0 Å². The maximum Gasteiger partial charge on any atom is 0.125 e. The van der Waals surface area contributed by atoms with Gasteiger partial charge in [-0.05, 0) is 45.4 Å². The van der Waals surface area contributed by atoms with Gasteiger partial charge in [0.05, 0.1) is 5.69 Å². The van der Waals surface area contributed by atoms with Crippen LogP contribution >= 0.6 is 11.3 Å². The van der Waals surface area contributed by atoms with Crippen molar-refractivity contribution in [3.63, 3.8) is 0 Å². The largest absolute Gasteiger partial charge is 0.368 e. The molecule has 1 fully saturated rings. The Morgan fingerprint density at radius 1 is 1.41 bits per heavy atom. The van der Waals surface area contributed by atoms with Crippen LogP contribution < -0.4 is 5.73 Å². The third-order valence-electron chi connectivity index (χ3n) is 3.92. The molecular weight excluding hydrogens is 232 g/mol. The molecular formula is C13H20N2OS. The Labute approximate surface area is 106 Å². The summed E-state index contributed by atoms with van der Waals surface area (Å²) in [6.45, 7) is 3.05. The number of nitrogens with zero attached hydrogens (tertiary/aromatic N) is 1. The molecule has 0 bridgehead atoms. The molecule has 2 unspecified atom stereocenters. The van der Waals surface area contributed by atoms with Crippen LogP contribution in [0.4, 0.5) is 0 Å². The average Bonchev–Trinajstić information content (AvgIpc) is 2.76. The van der Waals surface area contributed by atoms with Gasteiger partial charge in [-0.1, -0.05) is 0 Å². The van der Waals surface area contributed by atoms with E-state index in [9.17, 15) is 0 Å². The van der Waals surface area contributed by atoms with Gasteiger partial charge in [-0.2, -0.15) is 0 Å². The van der Waals surface area contributed by atoms with E-state index in [1.807, 2.05) is 11.3 Å². The van der Waals surface area contributed by atoms with Crippen LogP contribution in [-0.4, -0.2) is 11.6 Å². The number of thiazole rings is 1. The summed E-state index contributed by atoms with van der Waals surface area (Å²) in [6, 6.07) is 0.149. The van der Waals surface area contributed by atoms with Gasteiger partial charge in [0.2, 0.25) is 0 Å². The molecule has 0 saturated carbocycles. The predicted octanol–water partition coefficient (Wildman–Crippen LogP) is 2.89. The number of aromatic nitrogens is 1. The molecule has 3 rings (SSSR count). The number of hydrogen-bond donors (Lipinski definition) is 1. The van der Waals surface area contributed by atoms with Gasteiger partial charge in [0, 0.05) is 17.5 Å². The molecule has 1 aromatic heterocycles. The molecule has 1 saturated heterocycles. The van der Waals surface area contributed by atoms with Crippen LogP contribution in [-0.2, 0) is 16.8 Å². The molecule has 2 heterocycles. The van der Waals surface area contributed by atoms with E-state index in [2.05, 4.69) is 6.92 Å². The number of aryl methyl sites for hydroxylation is 1. The molecule has 4 heteroatoms. The number of nitrogens with two attached hydrogens (primary N) is 1. The number of hydrogen-bond acceptors (Lipinski definition) is 4.